The molecule has 0 spiro atoms. The van der Waals surface area contributed by atoms with E-state index in [4.69, 9.17) is 9.84 Å². The third kappa shape index (κ3) is 4.56. The van der Waals surface area contributed by atoms with Crippen LogP contribution in [-0.2, 0) is 15.0 Å². The number of carboxylic acids is 1. The van der Waals surface area contributed by atoms with Gasteiger partial charge >= 0.3 is 5.97 Å². The molecule has 2 aromatic carbocycles. The van der Waals surface area contributed by atoms with E-state index in [0.29, 0.717) is 17.0 Å². The lowest BCUT2D eigenvalue weighted by Crippen LogP contribution is -2.34. The van der Waals surface area contributed by atoms with E-state index in [-0.39, 0.29) is 11.7 Å². The second-order valence-electron chi connectivity index (χ2n) is 6.25. The maximum Gasteiger partial charge on any atom is 0.341 e. The van der Waals surface area contributed by atoms with Crippen LogP contribution in [0.3, 0.4) is 0 Å². The molecule has 0 bridgehead atoms. The predicted molar refractivity (Wildman–Crippen MR) is 92.4 cm³/mol. The van der Waals surface area contributed by atoms with Crippen LogP contribution in [0.1, 0.15) is 25.0 Å². The van der Waals surface area contributed by atoms with Crippen molar-refractivity contribution in [1.82, 2.24) is 0 Å². The minimum Gasteiger partial charge on any atom is -0.482 e. The zero-order valence-electron chi connectivity index (χ0n) is 14.3. The Labute approximate surface area is 145 Å². The monoisotopic (exact) mass is 345 g/mol. The first-order valence-corrected chi connectivity index (χ1v) is 7.73. The zero-order valence-corrected chi connectivity index (χ0v) is 14.3. The number of rotatable bonds is 6. The summed E-state index contributed by atoms with van der Waals surface area (Å²) in [5.41, 5.74) is 1.19. The summed E-state index contributed by atoms with van der Waals surface area (Å²) < 4.78 is 18.2. The lowest BCUT2D eigenvalue weighted by atomic mass is 9.83. The molecule has 0 heterocycles. The van der Waals surface area contributed by atoms with Gasteiger partial charge in [0.15, 0.2) is 6.61 Å². The van der Waals surface area contributed by atoms with Crippen LogP contribution in [0.5, 0.6) is 5.75 Å². The molecule has 2 rings (SSSR count). The number of aliphatic carboxylic acids is 1. The van der Waals surface area contributed by atoms with Gasteiger partial charge < -0.3 is 15.2 Å². The molecule has 0 unspecified atom stereocenters. The maximum absolute atomic E-state index is 13.1. The second kappa shape index (κ2) is 7.34. The van der Waals surface area contributed by atoms with Crippen molar-refractivity contribution >= 4 is 17.6 Å². The number of halogens is 1. The van der Waals surface area contributed by atoms with Crippen molar-refractivity contribution in [3.05, 3.63) is 59.4 Å². The van der Waals surface area contributed by atoms with Gasteiger partial charge in [0, 0.05) is 5.69 Å². The molecule has 0 atom stereocenters. The average Bonchev–Trinajstić information content (AvgIpc) is 2.55. The van der Waals surface area contributed by atoms with Gasteiger partial charge in [0.05, 0.1) is 5.41 Å². The standard InChI is InChI=1S/C19H20FNO4/c1-12-10-15(25-11-17(22)23)8-9-16(12)21-18(24)19(2,3)13-4-6-14(20)7-5-13/h4-10H,11H2,1-3H3,(H,21,24)(H,22,23). The van der Waals surface area contributed by atoms with E-state index in [9.17, 15) is 14.0 Å². The number of carbonyl (C=O) groups is 2. The van der Waals surface area contributed by atoms with Gasteiger partial charge in [0.2, 0.25) is 5.91 Å². The number of ether oxygens (including phenoxy) is 1. The van der Waals surface area contributed by atoms with Crippen molar-refractivity contribution in [2.45, 2.75) is 26.2 Å². The molecular formula is C19H20FNO4. The molecule has 0 aliphatic rings. The average molecular weight is 345 g/mol. The Morgan fingerprint density at radius 1 is 1.16 bits per heavy atom. The van der Waals surface area contributed by atoms with E-state index in [0.717, 1.165) is 5.56 Å². The van der Waals surface area contributed by atoms with E-state index < -0.39 is 18.0 Å². The minimum absolute atomic E-state index is 0.235. The number of nitrogens with one attached hydrogen (secondary N) is 1. The molecule has 132 valence electrons. The van der Waals surface area contributed by atoms with Crippen molar-refractivity contribution in [2.24, 2.45) is 0 Å². The fraction of sp³-hybridized carbons (Fsp3) is 0.263. The fourth-order valence-corrected chi connectivity index (χ4v) is 2.29. The largest absolute Gasteiger partial charge is 0.482 e. The van der Waals surface area contributed by atoms with Gasteiger partial charge in [0.25, 0.3) is 0 Å². The lowest BCUT2D eigenvalue weighted by Gasteiger charge is -2.25. The Hall–Kier alpha value is -2.89. The highest BCUT2D eigenvalue weighted by atomic mass is 19.1. The molecule has 0 fully saturated rings. The summed E-state index contributed by atoms with van der Waals surface area (Å²) in [6.45, 7) is 4.88. The van der Waals surface area contributed by atoms with E-state index in [1.54, 1.807) is 51.1 Å². The predicted octanol–water partition coefficient (Wildman–Crippen LogP) is 3.51. The molecule has 0 aliphatic heterocycles. The summed E-state index contributed by atoms with van der Waals surface area (Å²) in [6.07, 6.45) is 0. The van der Waals surface area contributed by atoms with Gasteiger partial charge in [-0.05, 0) is 62.2 Å². The number of anilines is 1. The number of benzene rings is 2. The zero-order chi connectivity index (χ0) is 18.6. The second-order valence-corrected chi connectivity index (χ2v) is 6.25. The summed E-state index contributed by atoms with van der Waals surface area (Å²) >= 11 is 0. The summed E-state index contributed by atoms with van der Waals surface area (Å²) in [4.78, 5) is 23.2. The Bertz CT molecular complexity index is 785. The van der Waals surface area contributed by atoms with E-state index >= 15 is 0 Å². The van der Waals surface area contributed by atoms with Crippen LogP contribution >= 0.6 is 0 Å². The van der Waals surface area contributed by atoms with Gasteiger partial charge in [-0.15, -0.1) is 0 Å². The highest BCUT2D eigenvalue weighted by Gasteiger charge is 2.30. The first-order chi connectivity index (χ1) is 11.7. The molecule has 5 nitrogen and oxygen atoms in total. The molecule has 2 aromatic rings. The van der Waals surface area contributed by atoms with Gasteiger partial charge in [0.1, 0.15) is 11.6 Å². The first-order valence-electron chi connectivity index (χ1n) is 7.73. The highest BCUT2D eigenvalue weighted by molar-refractivity contribution is 5.99. The van der Waals surface area contributed by atoms with Gasteiger partial charge in [-0.25, -0.2) is 9.18 Å². The topological polar surface area (TPSA) is 75.6 Å². The van der Waals surface area contributed by atoms with Crippen LogP contribution in [0, 0.1) is 12.7 Å². The molecule has 0 aromatic heterocycles. The number of carbonyl (C=O) groups excluding carboxylic acids is 1. The fourth-order valence-electron chi connectivity index (χ4n) is 2.29. The number of hydrogen-bond donors (Lipinski definition) is 2. The van der Waals surface area contributed by atoms with Gasteiger partial charge in [-0.1, -0.05) is 12.1 Å². The molecule has 2 N–H and O–H groups in total. The van der Waals surface area contributed by atoms with Crippen molar-refractivity contribution in [1.29, 1.82) is 0 Å². The van der Waals surface area contributed by atoms with Crippen molar-refractivity contribution < 1.29 is 23.8 Å². The molecular weight excluding hydrogens is 325 g/mol. The highest BCUT2D eigenvalue weighted by Crippen LogP contribution is 2.27. The number of carboxylic acid groups (broad SMARTS) is 1. The first kappa shape index (κ1) is 18.4. The van der Waals surface area contributed by atoms with Crippen LogP contribution < -0.4 is 10.1 Å². The Kier molecular flexibility index (Phi) is 5.41. The minimum atomic E-state index is -1.06. The van der Waals surface area contributed by atoms with Crippen molar-refractivity contribution in [3.8, 4) is 5.75 Å². The molecule has 0 saturated carbocycles. The number of hydrogen-bond acceptors (Lipinski definition) is 3. The van der Waals surface area contributed by atoms with E-state index in [1.165, 1.54) is 12.1 Å². The molecule has 0 radical (unpaired) electrons. The summed E-state index contributed by atoms with van der Waals surface area (Å²) in [5, 5.41) is 11.5. The smallest absolute Gasteiger partial charge is 0.341 e. The summed E-state index contributed by atoms with van der Waals surface area (Å²) in [6, 6.07) is 10.7. The van der Waals surface area contributed by atoms with Crippen molar-refractivity contribution in [3.63, 3.8) is 0 Å². The SMILES string of the molecule is Cc1cc(OCC(=O)O)ccc1NC(=O)C(C)(C)c1ccc(F)cc1. The molecule has 1 amide bonds. The maximum atomic E-state index is 13.1. The quantitative estimate of drug-likeness (QED) is 0.840. The van der Waals surface area contributed by atoms with E-state index in [2.05, 4.69) is 5.32 Å². The summed E-state index contributed by atoms with van der Waals surface area (Å²) in [7, 11) is 0. The number of amides is 1. The van der Waals surface area contributed by atoms with Gasteiger partial charge in [-0.2, -0.15) is 0 Å². The molecule has 25 heavy (non-hydrogen) atoms. The third-order valence-corrected chi connectivity index (χ3v) is 3.94. The van der Waals surface area contributed by atoms with Crippen LogP contribution in [0.25, 0.3) is 0 Å². The Balaban J connectivity index is 2.14. The molecule has 0 saturated heterocycles. The molecule has 6 heteroatoms. The van der Waals surface area contributed by atoms with E-state index in [1.807, 2.05) is 0 Å². The normalized spacial score (nSPS) is 11.0. The molecule has 0 aliphatic carbocycles. The van der Waals surface area contributed by atoms with Crippen LogP contribution in [-0.4, -0.2) is 23.6 Å². The third-order valence-electron chi connectivity index (χ3n) is 3.94. The lowest BCUT2D eigenvalue weighted by molar-refractivity contribution is -0.139. The van der Waals surface area contributed by atoms with Crippen LogP contribution in [0.15, 0.2) is 42.5 Å². The Morgan fingerprint density at radius 2 is 1.80 bits per heavy atom. The summed E-state index contributed by atoms with van der Waals surface area (Å²) in [5.74, 6) is -1.24. The Morgan fingerprint density at radius 3 is 2.36 bits per heavy atom. The van der Waals surface area contributed by atoms with Gasteiger partial charge in [-0.3, -0.25) is 4.79 Å². The van der Waals surface area contributed by atoms with Crippen molar-refractivity contribution in [2.75, 3.05) is 11.9 Å². The number of aryl methyl sites for hydroxylation is 1. The van der Waals surface area contributed by atoms with Crippen LogP contribution in [0.2, 0.25) is 0 Å². The van der Waals surface area contributed by atoms with Crippen LogP contribution in [0.4, 0.5) is 10.1 Å².